The fraction of sp³-hybridized carbons (Fsp3) is 0.235. The van der Waals surface area contributed by atoms with E-state index in [9.17, 15) is 4.79 Å². The van der Waals surface area contributed by atoms with Gasteiger partial charge in [0.15, 0.2) is 6.29 Å². The second kappa shape index (κ2) is 7.14. The molecule has 0 saturated heterocycles. The molecule has 0 amide bonds. The van der Waals surface area contributed by atoms with Crippen molar-refractivity contribution in [2.75, 3.05) is 13.2 Å². The number of hydrogen-bond acceptors (Lipinski definition) is 3. The fourth-order valence-electron chi connectivity index (χ4n) is 2.07. The van der Waals surface area contributed by atoms with Crippen molar-refractivity contribution >= 4 is 17.9 Å². The summed E-state index contributed by atoms with van der Waals surface area (Å²) in [7, 11) is 0. The summed E-state index contributed by atoms with van der Waals surface area (Å²) >= 11 is 5.83. The summed E-state index contributed by atoms with van der Waals surface area (Å²) in [5, 5.41) is 0.510. The Labute approximate surface area is 129 Å². The van der Waals surface area contributed by atoms with Gasteiger partial charge in [0.2, 0.25) is 0 Å². The standard InChI is InChI=1S/C17H17ClO3/c1-12-7-13(2)9-16(8-12)20-5-6-21-17-4-3-15(18)10-14(17)11-19/h3-4,7-11H,5-6H2,1-2H3. The van der Waals surface area contributed by atoms with Crippen LogP contribution in [0.3, 0.4) is 0 Å². The molecule has 3 nitrogen and oxygen atoms in total. The first-order chi connectivity index (χ1) is 10.1. The maximum absolute atomic E-state index is 10.9. The molecule has 0 N–H and O–H groups in total. The van der Waals surface area contributed by atoms with Gasteiger partial charge in [0.05, 0.1) is 5.56 Å². The number of rotatable bonds is 6. The van der Waals surface area contributed by atoms with Crippen LogP contribution in [0.1, 0.15) is 21.5 Å². The SMILES string of the molecule is Cc1cc(C)cc(OCCOc2ccc(Cl)cc2C=O)c1. The van der Waals surface area contributed by atoms with Crippen molar-refractivity contribution in [3.8, 4) is 11.5 Å². The van der Waals surface area contributed by atoms with E-state index in [0.717, 1.165) is 23.2 Å². The molecule has 0 aliphatic rings. The van der Waals surface area contributed by atoms with Gasteiger partial charge in [-0.1, -0.05) is 17.7 Å². The Morgan fingerprint density at radius 1 is 1.00 bits per heavy atom. The third-order valence-electron chi connectivity index (χ3n) is 2.90. The van der Waals surface area contributed by atoms with E-state index in [0.29, 0.717) is 29.5 Å². The molecular weight excluding hydrogens is 288 g/mol. The molecule has 21 heavy (non-hydrogen) atoms. The molecule has 0 aromatic heterocycles. The van der Waals surface area contributed by atoms with Gasteiger partial charge in [-0.2, -0.15) is 0 Å². The Morgan fingerprint density at radius 3 is 2.33 bits per heavy atom. The molecule has 0 bridgehead atoms. The number of aryl methyl sites for hydroxylation is 2. The van der Waals surface area contributed by atoms with Crippen LogP contribution in [0.25, 0.3) is 0 Å². The molecule has 0 atom stereocenters. The monoisotopic (exact) mass is 304 g/mol. The zero-order valence-corrected chi connectivity index (χ0v) is 12.8. The van der Waals surface area contributed by atoms with Crippen LogP contribution in [-0.4, -0.2) is 19.5 Å². The third kappa shape index (κ3) is 4.50. The Kier molecular flexibility index (Phi) is 5.23. The van der Waals surface area contributed by atoms with E-state index in [-0.39, 0.29) is 0 Å². The lowest BCUT2D eigenvalue weighted by molar-refractivity contribution is 0.111. The van der Waals surface area contributed by atoms with Crippen molar-refractivity contribution in [3.05, 3.63) is 58.1 Å². The van der Waals surface area contributed by atoms with Crippen LogP contribution >= 0.6 is 11.6 Å². The highest BCUT2D eigenvalue weighted by molar-refractivity contribution is 6.30. The molecule has 110 valence electrons. The smallest absolute Gasteiger partial charge is 0.153 e. The van der Waals surface area contributed by atoms with Gasteiger partial charge in [-0.25, -0.2) is 0 Å². The van der Waals surface area contributed by atoms with Crippen LogP contribution < -0.4 is 9.47 Å². The molecule has 0 aliphatic carbocycles. The normalized spacial score (nSPS) is 10.2. The van der Waals surface area contributed by atoms with Crippen LogP contribution in [0.2, 0.25) is 5.02 Å². The zero-order chi connectivity index (χ0) is 15.2. The van der Waals surface area contributed by atoms with Crippen LogP contribution in [-0.2, 0) is 0 Å². The first-order valence-electron chi connectivity index (χ1n) is 6.67. The minimum Gasteiger partial charge on any atom is -0.490 e. The number of carbonyl (C=O) groups is 1. The summed E-state index contributed by atoms with van der Waals surface area (Å²) in [6, 6.07) is 11.0. The van der Waals surface area contributed by atoms with E-state index in [1.54, 1.807) is 18.2 Å². The van der Waals surface area contributed by atoms with Crippen molar-refractivity contribution in [2.24, 2.45) is 0 Å². The van der Waals surface area contributed by atoms with E-state index < -0.39 is 0 Å². The predicted octanol–water partition coefficient (Wildman–Crippen LogP) is 4.23. The van der Waals surface area contributed by atoms with Crippen molar-refractivity contribution in [1.29, 1.82) is 0 Å². The highest BCUT2D eigenvalue weighted by Gasteiger charge is 2.04. The van der Waals surface area contributed by atoms with Gasteiger partial charge in [0, 0.05) is 5.02 Å². The number of halogens is 1. The van der Waals surface area contributed by atoms with E-state index in [4.69, 9.17) is 21.1 Å². The Morgan fingerprint density at radius 2 is 1.67 bits per heavy atom. The molecule has 2 aromatic rings. The molecule has 2 aromatic carbocycles. The number of hydrogen-bond donors (Lipinski definition) is 0. The topological polar surface area (TPSA) is 35.5 Å². The second-order valence-corrected chi connectivity index (χ2v) is 5.26. The summed E-state index contributed by atoms with van der Waals surface area (Å²) in [6.07, 6.45) is 0.728. The molecule has 0 heterocycles. The first kappa shape index (κ1) is 15.4. The summed E-state index contributed by atoms with van der Waals surface area (Å²) < 4.78 is 11.2. The van der Waals surface area contributed by atoms with E-state index in [2.05, 4.69) is 6.07 Å². The predicted molar refractivity (Wildman–Crippen MR) is 83.7 cm³/mol. The Bertz CT molecular complexity index is 618. The average Bonchev–Trinajstić information content (AvgIpc) is 2.43. The highest BCUT2D eigenvalue weighted by Crippen LogP contribution is 2.21. The number of ether oxygens (including phenoxy) is 2. The highest BCUT2D eigenvalue weighted by atomic mass is 35.5. The fourth-order valence-corrected chi connectivity index (χ4v) is 2.25. The van der Waals surface area contributed by atoms with Gasteiger partial charge >= 0.3 is 0 Å². The molecule has 0 spiro atoms. The maximum Gasteiger partial charge on any atom is 0.153 e. The van der Waals surface area contributed by atoms with Gasteiger partial charge < -0.3 is 9.47 Å². The quantitative estimate of drug-likeness (QED) is 0.592. The first-order valence-corrected chi connectivity index (χ1v) is 7.05. The average molecular weight is 305 g/mol. The van der Waals surface area contributed by atoms with E-state index in [1.807, 2.05) is 26.0 Å². The summed E-state index contributed by atoms with van der Waals surface area (Å²) in [5.41, 5.74) is 2.76. The van der Waals surface area contributed by atoms with Crippen LogP contribution in [0.15, 0.2) is 36.4 Å². The molecule has 0 unspecified atom stereocenters. The van der Waals surface area contributed by atoms with Crippen molar-refractivity contribution in [1.82, 2.24) is 0 Å². The minimum absolute atomic E-state index is 0.357. The molecule has 0 fully saturated rings. The summed E-state index contributed by atoms with van der Waals surface area (Å²) in [6.45, 7) is 4.82. The van der Waals surface area contributed by atoms with Gasteiger partial charge in [-0.3, -0.25) is 4.79 Å². The van der Waals surface area contributed by atoms with Gasteiger partial charge in [-0.05, 0) is 55.3 Å². The van der Waals surface area contributed by atoms with Crippen LogP contribution in [0, 0.1) is 13.8 Å². The lowest BCUT2D eigenvalue weighted by Gasteiger charge is -2.11. The van der Waals surface area contributed by atoms with Gasteiger partial charge in [-0.15, -0.1) is 0 Å². The van der Waals surface area contributed by atoms with E-state index >= 15 is 0 Å². The molecule has 0 aliphatic heterocycles. The molecule has 2 rings (SSSR count). The van der Waals surface area contributed by atoms with Crippen LogP contribution in [0.5, 0.6) is 11.5 Å². The molecule has 4 heteroatoms. The van der Waals surface area contributed by atoms with Crippen molar-refractivity contribution < 1.29 is 14.3 Å². The molecule has 0 saturated carbocycles. The van der Waals surface area contributed by atoms with Gasteiger partial charge in [0.25, 0.3) is 0 Å². The van der Waals surface area contributed by atoms with E-state index in [1.165, 1.54) is 0 Å². The van der Waals surface area contributed by atoms with Crippen molar-refractivity contribution in [3.63, 3.8) is 0 Å². The van der Waals surface area contributed by atoms with Gasteiger partial charge in [0.1, 0.15) is 24.7 Å². The lowest BCUT2D eigenvalue weighted by Crippen LogP contribution is -2.10. The molecular formula is C17H17ClO3. The summed E-state index contributed by atoms with van der Waals surface area (Å²) in [4.78, 5) is 10.9. The Hall–Kier alpha value is -2.00. The maximum atomic E-state index is 10.9. The zero-order valence-electron chi connectivity index (χ0n) is 12.1. The number of aldehydes is 1. The Balaban J connectivity index is 1.88. The number of carbonyl (C=O) groups excluding carboxylic acids is 1. The lowest BCUT2D eigenvalue weighted by atomic mass is 10.1. The largest absolute Gasteiger partial charge is 0.490 e. The van der Waals surface area contributed by atoms with Crippen molar-refractivity contribution in [2.45, 2.75) is 13.8 Å². The summed E-state index contributed by atoms with van der Waals surface area (Å²) in [5.74, 6) is 1.33. The third-order valence-corrected chi connectivity index (χ3v) is 3.14. The number of benzene rings is 2. The minimum atomic E-state index is 0.357. The second-order valence-electron chi connectivity index (χ2n) is 4.82. The molecule has 0 radical (unpaired) electrons. The van der Waals surface area contributed by atoms with Crippen LogP contribution in [0.4, 0.5) is 0 Å².